The predicted octanol–water partition coefficient (Wildman–Crippen LogP) is 2.60. The van der Waals surface area contributed by atoms with Gasteiger partial charge in [0.25, 0.3) is 0 Å². The van der Waals surface area contributed by atoms with Crippen molar-refractivity contribution in [1.29, 1.82) is 0 Å². The molecule has 1 aliphatic carbocycles. The summed E-state index contributed by atoms with van der Waals surface area (Å²) in [6.45, 7) is 2.12. The summed E-state index contributed by atoms with van der Waals surface area (Å²) >= 11 is 0. The van der Waals surface area contributed by atoms with E-state index < -0.39 is 5.97 Å². The summed E-state index contributed by atoms with van der Waals surface area (Å²) in [4.78, 5) is 15.8. The third kappa shape index (κ3) is 1.58. The highest BCUT2D eigenvalue weighted by Crippen LogP contribution is 2.33. The molecule has 0 aliphatic heterocycles. The van der Waals surface area contributed by atoms with Crippen LogP contribution in [0.3, 0.4) is 0 Å². The standard InChI is InChI=1S/C15H15NO2/c1-2-10-11-5-3-4-6-13(11)16-14-8-9(15(17)18)7-12(10)14/h3-6,9H,2,7-8H2,1H3,(H,17,18). The molecule has 18 heavy (non-hydrogen) atoms. The Labute approximate surface area is 105 Å². The van der Waals surface area contributed by atoms with E-state index in [2.05, 4.69) is 18.0 Å². The Hall–Kier alpha value is -1.90. The highest BCUT2D eigenvalue weighted by atomic mass is 16.4. The van der Waals surface area contributed by atoms with Crippen LogP contribution in [0.1, 0.15) is 23.7 Å². The summed E-state index contributed by atoms with van der Waals surface area (Å²) in [5.41, 5.74) is 4.42. The van der Waals surface area contributed by atoms with Gasteiger partial charge in [-0.25, -0.2) is 0 Å². The molecule has 1 atom stereocenters. The first-order valence-corrected chi connectivity index (χ1v) is 6.33. The maximum atomic E-state index is 11.1. The van der Waals surface area contributed by atoms with Crippen LogP contribution in [0, 0.1) is 5.92 Å². The predicted molar refractivity (Wildman–Crippen MR) is 69.7 cm³/mol. The van der Waals surface area contributed by atoms with Crippen LogP contribution in [0.2, 0.25) is 0 Å². The van der Waals surface area contributed by atoms with Gasteiger partial charge in [-0.15, -0.1) is 0 Å². The van der Waals surface area contributed by atoms with E-state index in [0.29, 0.717) is 12.8 Å². The quantitative estimate of drug-likeness (QED) is 0.879. The first-order valence-electron chi connectivity index (χ1n) is 6.33. The average Bonchev–Trinajstić information content (AvgIpc) is 2.79. The number of carbonyl (C=O) groups is 1. The van der Waals surface area contributed by atoms with E-state index in [1.165, 1.54) is 16.5 Å². The minimum Gasteiger partial charge on any atom is -0.481 e. The third-order valence-electron chi connectivity index (χ3n) is 3.79. The number of aryl methyl sites for hydroxylation is 1. The Morgan fingerprint density at radius 1 is 1.39 bits per heavy atom. The second-order valence-corrected chi connectivity index (χ2v) is 4.83. The smallest absolute Gasteiger partial charge is 0.307 e. The molecule has 3 rings (SSSR count). The van der Waals surface area contributed by atoms with E-state index in [1.807, 2.05) is 18.2 Å². The van der Waals surface area contributed by atoms with Gasteiger partial charge in [0.15, 0.2) is 0 Å². The van der Waals surface area contributed by atoms with Gasteiger partial charge in [0.2, 0.25) is 0 Å². The van der Waals surface area contributed by atoms with E-state index in [1.54, 1.807) is 0 Å². The van der Waals surface area contributed by atoms with Crippen LogP contribution in [0.15, 0.2) is 24.3 Å². The van der Waals surface area contributed by atoms with E-state index >= 15 is 0 Å². The molecule has 1 unspecified atom stereocenters. The third-order valence-corrected chi connectivity index (χ3v) is 3.79. The SMILES string of the molecule is CCc1c2c(nc3ccccc13)CC(C(=O)O)C2. The fourth-order valence-electron chi connectivity index (χ4n) is 2.92. The number of fused-ring (bicyclic) bond motifs is 2. The van der Waals surface area contributed by atoms with Crippen molar-refractivity contribution in [2.24, 2.45) is 5.92 Å². The van der Waals surface area contributed by atoms with Gasteiger partial charge in [0.05, 0.1) is 11.4 Å². The number of rotatable bonds is 2. The molecule has 0 bridgehead atoms. The molecular weight excluding hydrogens is 226 g/mol. The first kappa shape index (κ1) is 11.2. The van der Waals surface area contributed by atoms with Crippen molar-refractivity contribution in [2.75, 3.05) is 0 Å². The van der Waals surface area contributed by atoms with E-state index in [9.17, 15) is 4.79 Å². The molecule has 3 nitrogen and oxygen atoms in total. The number of carboxylic acids is 1. The molecule has 3 heteroatoms. The van der Waals surface area contributed by atoms with Crippen molar-refractivity contribution >= 4 is 16.9 Å². The number of pyridine rings is 1. The Morgan fingerprint density at radius 2 is 2.17 bits per heavy atom. The minimum atomic E-state index is -0.709. The molecule has 0 radical (unpaired) electrons. The molecule has 2 aromatic rings. The lowest BCUT2D eigenvalue weighted by molar-refractivity contribution is -0.141. The number of hydrogen-bond acceptors (Lipinski definition) is 2. The molecule has 1 N–H and O–H groups in total. The normalized spacial score (nSPS) is 17.9. The molecule has 92 valence electrons. The van der Waals surface area contributed by atoms with Gasteiger partial charge < -0.3 is 5.11 Å². The molecule has 1 aromatic heterocycles. The molecule has 0 saturated heterocycles. The molecule has 1 heterocycles. The zero-order valence-electron chi connectivity index (χ0n) is 10.3. The molecule has 0 saturated carbocycles. The van der Waals surface area contributed by atoms with Crippen molar-refractivity contribution < 1.29 is 9.90 Å². The molecule has 0 fully saturated rings. The van der Waals surface area contributed by atoms with Gasteiger partial charge in [0, 0.05) is 17.5 Å². The van der Waals surface area contributed by atoms with Crippen LogP contribution in [-0.2, 0) is 24.1 Å². The number of nitrogens with zero attached hydrogens (tertiary/aromatic N) is 1. The highest BCUT2D eigenvalue weighted by molar-refractivity contribution is 5.85. The molecular formula is C15H15NO2. The van der Waals surface area contributed by atoms with Gasteiger partial charge in [-0.1, -0.05) is 25.1 Å². The number of hydrogen-bond donors (Lipinski definition) is 1. The van der Waals surface area contributed by atoms with Crippen LogP contribution < -0.4 is 0 Å². The van der Waals surface area contributed by atoms with Crippen LogP contribution in [-0.4, -0.2) is 16.1 Å². The van der Waals surface area contributed by atoms with E-state index in [0.717, 1.165) is 17.6 Å². The van der Waals surface area contributed by atoms with Crippen LogP contribution >= 0.6 is 0 Å². The maximum absolute atomic E-state index is 11.1. The second kappa shape index (κ2) is 4.09. The van der Waals surface area contributed by atoms with Crippen molar-refractivity contribution in [2.45, 2.75) is 26.2 Å². The number of aromatic nitrogens is 1. The monoisotopic (exact) mass is 241 g/mol. The number of carboxylic acid groups (broad SMARTS) is 1. The first-order chi connectivity index (χ1) is 8.70. The summed E-state index contributed by atoms with van der Waals surface area (Å²) in [6.07, 6.45) is 2.13. The lowest BCUT2D eigenvalue weighted by atomic mass is 9.98. The van der Waals surface area contributed by atoms with Crippen LogP contribution in [0.4, 0.5) is 0 Å². The summed E-state index contributed by atoms with van der Waals surface area (Å²) in [7, 11) is 0. The fraction of sp³-hybridized carbons (Fsp3) is 0.333. The molecule has 0 spiro atoms. The minimum absolute atomic E-state index is 0.297. The summed E-state index contributed by atoms with van der Waals surface area (Å²) in [5.74, 6) is -1.01. The zero-order valence-corrected chi connectivity index (χ0v) is 10.3. The van der Waals surface area contributed by atoms with Gasteiger partial charge >= 0.3 is 5.97 Å². The Bertz CT molecular complexity index is 634. The maximum Gasteiger partial charge on any atom is 0.307 e. The largest absolute Gasteiger partial charge is 0.481 e. The Morgan fingerprint density at radius 3 is 2.89 bits per heavy atom. The van der Waals surface area contributed by atoms with Gasteiger partial charge in [0.1, 0.15) is 0 Å². The van der Waals surface area contributed by atoms with Gasteiger partial charge in [-0.05, 0) is 30.0 Å². The summed E-state index contributed by atoms with van der Waals surface area (Å²) in [6, 6.07) is 8.07. The topological polar surface area (TPSA) is 50.2 Å². The number of benzene rings is 1. The average molecular weight is 241 g/mol. The lowest BCUT2D eigenvalue weighted by Crippen LogP contribution is -2.13. The number of aliphatic carboxylic acids is 1. The van der Waals surface area contributed by atoms with Crippen molar-refractivity contribution in [1.82, 2.24) is 4.98 Å². The van der Waals surface area contributed by atoms with Crippen molar-refractivity contribution in [3.05, 3.63) is 41.1 Å². The Balaban J connectivity index is 2.22. The highest BCUT2D eigenvalue weighted by Gasteiger charge is 2.30. The van der Waals surface area contributed by atoms with Crippen molar-refractivity contribution in [3.8, 4) is 0 Å². The fourth-order valence-corrected chi connectivity index (χ4v) is 2.92. The van der Waals surface area contributed by atoms with Crippen molar-refractivity contribution in [3.63, 3.8) is 0 Å². The van der Waals surface area contributed by atoms with Crippen LogP contribution in [0.25, 0.3) is 10.9 Å². The molecule has 1 aromatic carbocycles. The Kier molecular flexibility index (Phi) is 2.54. The second-order valence-electron chi connectivity index (χ2n) is 4.83. The molecule has 0 amide bonds. The van der Waals surface area contributed by atoms with E-state index in [4.69, 9.17) is 5.11 Å². The molecule has 1 aliphatic rings. The van der Waals surface area contributed by atoms with E-state index in [-0.39, 0.29) is 5.92 Å². The zero-order chi connectivity index (χ0) is 12.7. The summed E-state index contributed by atoms with van der Waals surface area (Å²) in [5, 5.41) is 10.3. The van der Waals surface area contributed by atoms with Gasteiger partial charge in [-0.2, -0.15) is 0 Å². The number of para-hydroxylation sites is 1. The van der Waals surface area contributed by atoms with Gasteiger partial charge in [-0.3, -0.25) is 9.78 Å². The summed E-state index contributed by atoms with van der Waals surface area (Å²) < 4.78 is 0. The lowest BCUT2D eigenvalue weighted by Gasteiger charge is -2.10. The van der Waals surface area contributed by atoms with Crippen LogP contribution in [0.5, 0.6) is 0 Å².